The van der Waals surface area contributed by atoms with Gasteiger partial charge in [0.2, 0.25) is 0 Å². The number of ether oxygens (including phenoxy) is 3. The molecule has 0 amide bonds. The van der Waals surface area contributed by atoms with Gasteiger partial charge in [-0.3, -0.25) is 14.4 Å². The molecule has 0 rings (SSSR count). The molecule has 0 saturated carbocycles. The Morgan fingerprint density at radius 1 is 0.304 bits per heavy atom. The summed E-state index contributed by atoms with van der Waals surface area (Å²) in [5.74, 6) is -0.927. The van der Waals surface area contributed by atoms with Crippen molar-refractivity contribution in [3.8, 4) is 0 Å². The Morgan fingerprint density at radius 2 is 0.565 bits per heavy atom. The summed E-state index contributed by atoms with van der Waals surface area (Å²) in [6.07, 6.45) is 73.8. The first-order valence-electron chi connectivity index (χ1n) is 29.4. The Bertz CT molecular complexity index is 1290. The summed E-state index contributed by atoms with van der Waals surface area (Å²) >= 11 is 0. The SMILES string of the molecule is CC/C=C\C/C=C\C/C=C\C/C=C\C/C=C\CCCCCC(=O)OC(COC(=O)CCCCCCC)COC(=O)CCCCCCCCCCCCCCCCC/C=C\CCCCCCCCCC. The minimum atomic E-state index is -0.788. The van der Waals surface area contributed by atoms with E-state index in [9.17, 15) is 14.4 Å². The van der Waals surface area contributed by atoms with Crippen molar-refractivity contribution in [1.29, 1.82) is 0 Å². The van der Waals surface area contributed by atoms with Gasteiger partial charge in [0.25, 0.3) is 0 Å². The second kappa shape index (κ2) is 57.4. The molecular weight excluding hydrogens is 853 g/mol. The van der Waals surface area contributed by atoms with Gasteiger partial charge in [0, 0.05) is 19.3 Å². The van der Waals surface area contributed by atoms with E-state index < -0.39 is 6.10 Å². The molecule has 0 spiro atoms. The monoisotopic (exact) mass is 963 g/mol. The molecule has 1 unspecified atom stereocenters. The Labute approximate surface area is 427 Å². The fraction of sp³-hybridized carbons (Fsp3) is 0.762. The van der Waals surface area contributed by atoms with Crippen LogP contribution >= 0.6 is 0 Å². The van der Waals surface area contributed by atoms with Gasteiger partial charge < -0.3 is 14.2 Å². The number of rotatable bonds is 53. The van der Waals surface area contributed by atoms with E-state index >= 15 is 0 Å². The lowest BCUT2D eigenvalue weighted by Gasteiger charge is -2.18. The summed E-state index contributed by atoms with van der Waals surface area (Å²) in [6.45, 7) is 6.43. The molecule has 6 heteroatoms. The first-order valence-corrected chi connectivity index (χ1v) is 29.4. The van der Waals surface area contributed by atoms with Crippen molar-refractivity contribution in [1.82, 2.24) is 0 Å². The van der Waals surface area contributed by atoms with Crippen LogP contribution in [-0.4, -0.2) is 37.2 Å². The van der Waals surface area contributed by atoms with Crippen molar-refractivity contribution in [2.75, 3.05) is 13.2 Å². The van der Waals surface area contributed by atoms with Crippen LogP contribution in [0.25, 0.3) is 0 Å². The zero-order chi connectivity index (χ0) is 50.0. The highest BCUT2D eigenvalue weighted by Gasteiger charge is 2.19. The molecule has 0 aliphatic rings. The average molecular weight is 964 g/mol. The van der Waals surface area contributed by atoms with E-state index in [1.807, 2.05) is 0 Å². The van der Waals surface area contributed by atoms with Gasteiger partial charge >= 0.3 is 17.9 Å². The third-order valence-electron chi connectivity index (χ3n) is 12.7. The predicted molar refractivity (Wildman–Crippen MR) is 298 cm³/mol. The van der Waals surface area contributed by atoms with E-state index in [0.717, 1.165) is 103 Å². The van der Waals surface area contributed by atoms with E-state index in [1.165, 1.54) is 148 Å². The quantitative estimate of drug-likeness (QED) is 0.0262. The molecule has 0 bridgehead atoms. The minimum Gasteiger partial charge on any atom is -0.462 e. The van der Waals surface area contributed by atoms with Gasteiger partial charge in [-0.15, -0.1) is 0 Å². The molecule has 0 aromatic rings. The molecular formula is C63H110O6. The average Bonchev–Trinajstić information content (AvgIpc) is 3.35. The molecule has 0 N–H and O–H groups in total. The van der Waals surface area contributed by atoms with Gasteiger partial charge in [-0.2, -0.15) is 0 Å². The summed E-state index contributed by atoms with van der Waals surface area (Å²) in [5, 5.41) is 0. The van der Waals surface area contributed by atoms with Gasteiger partial charge in [0.15, 0.2) is 6.10 Å². The number of allylic oxidation sites excluding steroid dienone is 12. The van der Waals surface area contributed by atoms with E-state index in [4.69, 9.17) is 14.2 Å². The van der Waals surface area contributed by atoms with Gasteiger partial charge in [-0.1, -0.05) is 254 Å². The van der Waals surface area contributed by atoms with Crippen molar-refractivity contribution in [3.05, 3.63) is 72.9 Å². The van der Waals surface area contributed by atoms with Gasteiger partial charge in [0.1, 0.15) is 13.2 Å². The predicted octanol–water partition coefficient (Wildman–Crippen LogP) is 19.8. The van der Waals surface area contributed by atoms with Crippen LogP contribution in [0, 0.1) is 0 Å². The van der Waals surface area contributed by atoms with Crippen molar-refractivity contribution < 1.29 is 28.6 Å². The first kappa shape index (κ1) is 65.8. The minimum absolute atomic E-state index is 0.0876. The second-order valence-electron chi connectivity index (χ2n) is 19.5. The summed E-state index contributed by atoms with van der Waals surface area (Å²) in [4.78, 5) is 37.8. The van der Waals surface area contributed by atoms with Crippen LogP contribution in [0.2, 0.25) is 0 Å². The number of unbranched alkanes of at least 4 members (excludes halogenated alkanes) is 30. The summed E-state index contributed by atoms with van der Waals surface area (Å²) in [6, 6.07) is 0. The fourth-order valence-electron chi connectivity index (χ4n) is 8.29. The standard InChI is InChI=1S/C63H110O6/c1-4-7-10-13-15-17-19-21-23-25-27-28-29-30-31-32-33-34-36-37-39-41-43-45-47-50-53-56-62(65)68-59-60(58-67-61(64)55-52-49-12-9-6-3)69-63(66)57-54-51-48-46-44-42-40-38-35-26-24-22-20-18-16-14-11-8-5-2/h8,11,16,18,22,24-25,27,35,38,42,44,60H,4-7,9-10,12-15,17,19-21,23,26,28-34,36-37,39-41,43,45-59H2,1-3H3/b11-8-,18-16-,24-22-,27-25-,38-35-,44-42-. The molecule has 0 aromatic heterocycles. The number of carbonyl (C=O) groups excluding carboxylic acids is 3. The lowest BCUT2D eigenvalue weighted by atomic mass is 10.0. The van der Waals surface area contributed by atoms with E-state index in [-0.39, 0.29) is 31.1 Å². The third kappa shape index (κ3) is 55.6. The van der Waals surface area contributed by atoms with Crippen LogP contribution in [0.1, 0.15) is 290 Å². The highest BCUT2D eigenvalue weighted by molar-refractivity contribution is 5.71. The summed E-state index contributed by atoms with van der Waals surface area (Å²) in [5.41, 5.74) is 0. The molecule has 0 aromatic carbocycles. The third-order valence-corrected chi connectivity index (χ3v) is 12.7. The van der Waals surface area contributed by atoms with Gasteiger partial charge in [-0.05, 0) is 89.9 Å². The molecule has 0 saturated heterocycles. The van der Waals surface area contributed by atoms with Crippen LogP contribution in [-0.2, 0) is 28.6 Å². The Balaban J connectivity index is 4.07. The number of carbonyl (C=O) groups is 3. The lowest BCUT2D eigenvalue weighted by Crippen LogP contribution is -2.30. The maximum absolute atomic E-state index is 12.8. The number of hydrogen-bond acceptors (Lipinski definition) is 6. The normalized spacial score (nSPS) is 12.6. The zero-order valence-corrected chi connectivity index (χ0v) is 45.6. The van der Waals surface area contributed by atoms with Crippen LogP contribution in [0.3, 0.4) is 0 Å². The van der Waals surface area contributed by atoms with Gasteiger partial charge in [-0.25, -0.2) is 0 Å². The second-order valence-corrected chi connectivity index (χ2v) is 19.5. The highest BCUT2D eigenvalue weighted by Crippen LogP contribution is 2.16. The molecule has 0 radical (unpaired) electrons. The fourth-order valence-corrected chi connectivity index (χ4v) is 8.29. The molecule has 0 aliphatic heterocycles. The largest absolute Gasteiger partial charge is 0.462 e. The smallest absolute Gasteiger partial charge is 0.306 e. The highest BCUT2D eigenvalue weighted by atomic mass is 16.6. The Hall–Kier alpha value is -3.15. The van der Waals surface area contributed by atoms with Crippen LogP contribution < -0.4 is 0 Å². The maximum Gasteiger partial charge on any atom is 0.306 e. The topological polar surface area (TPSA) is 78.9 Å². The number of esters is 3. The molecule has 69 heavy (non-hydrogen) atoms. The zero-order valence-electron chi connectivity index (χ0n) is 45.6. The number of hydrogen-bond donors (Lipinski definition) is 0. The van der Waals surface area contributed by atoms with Crippen molar-refractivity contribution in [3.63, 3.8) is 0 Å². The summed E-state index contributed by atoms with van der Waals surface area (Å²) in [7, 11) is 0. The molecule has 0 heterocycles. The van der Waals surface area contributed by atoms with Crippen molar-refractivity contribution in [2.24, 2.45) is 0 Å². The van der Waals surface area contributed by atoms with Crippen molar-refractivity contribution in [2.45, 2.75) is 297 Å². The summed E-state index contributed by atoms with van der Waals surface area (Å²) < 4.78 is 16.7. The van der Waals surface area contributed by atoms with E-state index in [0.29, 0.717) is 19.3 Å². The molecule has 0 aliphatic carbocycles. The Kier molecular flexibility index (Phi) is 54.8. The molecule has 0 fully saturated rings. The Morgan fingerprint density at radius 3 is 0.913 bits per heavy atom. The van der Waals surface area contributed by atoms with E-state index in [2.05, 4.69) is 93.7 Å². The molecule has 6 nitrogen and oxygen atoms in total. The lowest BCUT2D eigenvalue weighted by molar-refractivity contribution is -0.167. The van der Waals surface area contributed by atoms with Crippen LogP contribution in [0.4, 0.5) is 0 Å². The van der Waals surface area contributed by atoms with Crippen molar-refractivity contribution >= 4 is 17.9 Å². The first-order chi connectivity index (χ1) is 34.0. The van der Waals surface area contributed by atoms with Crippen LogP contribution in [0.15, 0.2) is 72.9 Å². The maximum atomic E-state index is 12.8. The molecule has 1 atom stereocenters. The molecule has 398 valence electrons. The van der Waals surface area contributed by atoms with E-state index in [1.54, 1.807) is 0 Å². The van der Waals surface area contributed by atoms with Gasteiger partial charge in [0.05, 0.1) is 0 Å². The van der Waals surface area contributed by atoms with Crippen LogP contribution in [0.5, 0.6) is 0 Å².